The van der Waals surface area contributed by atoms with Crippen LogP contribution in [0, 0.1) is 11.3 Å². The molecule has 0 saturated heterocycles. The first-order valence-corrected chi connectivity index (χ1v) is 8.46. The van der Waals surface area contributed by atoms with Crippen LogP contribution in [0.5, 0.6) is 0 Å². The summed E-state index contributed by atoms with van der Waals surface area (Å²) in [5.41, 5.74) is 0.220. The Kier molecular flexibility index (Phi) is 3.45. The molecule has 0 aliphatic carbocycles. The fraction of sp³-hybridized carbons (Fsp3) is 0.182. The molecule has 0 saturated carbocycles. The lowest BCUT2D eigenvalue weighted by atomic mass is 10.2. The van der Waals surface area contributed by atoms with Gasteiger partial charge < -0.3 is 0 Å². The van der Waals surface area contributed by atoms with Crippen LogP contribution in [-0.4, -0.2) is 28.6 Å². The van der Waals surface area contributed by atoms with Gasteiger partial charge in [-0.2, -0.15) is 5.26 Å². The number of sulfone groups is 1. The molecule has 0 aromatic heterocycles. The molecule has 0 spiro atoms. The van der Waals surface area contributed by atoms with E-state index in [-0.39, 0.29) is 16.2 Å². The third kappa shape index (κ3) is 3.20. The topological polar surface area (TPSA) is 104 Å². The van der Waals surface area contributed by atoms with E-state index in [1.807, 2.05) is 6.07 Å². The number of sulfonamides is 1. The molecule has 0 fully saturated rings. The van der Waals surface area contributed by atoms with E-state index in [4.69, 9.17) is 5.26 Å². The maximum Gasteiger partial charge on any atom is 0.241 e. The summed E-state index contributed by atoms with van der Waals surface area (Å²) in [6.07, 6.45) is 1.29. The van der Waals surface area contributed by atoms with Crippen molar-refractivity contribution >= 4 is 19.9 Å². The number of nitrogens with zero attached hydrogens (tertiary/aromatic N) is 1. The Hall–Kier alpha value is -1.69. The number of hydrogen-bond acceptors (Lipinski definition) is 5. The Morgan fingerprint density at radius 1 is 1.37 bits per heavy atom. The molecule has 1 aromatic rings. The molecule has 6 nitrogen and oxygen atoms in total. The van der Waals surface area contributed by atoms with Crippen LogP contribution in [0.2, 0.25) is 0 Å². The van der Waals surface area contributed by atoms with E-state index in [0.717, 1.165) is 5.41 Å². The summed E-state index contributed by atoms with van der Waals surface area (Å²) < 4.78 is 48.7. The van der Waals surface area contributed by atoms with Gasteiger partial charge in [0.1, 0.15) is 0 Å². The SMILES string of the molecule is N#Cc1cccc(S(=O)(=O)N[C@H]2C=CS(=O)(=O)C2)c1. The van der Waals surface area contributed by atoms with Crippen molar-refractivity contribution in [3.05, 3.63) is 41.3 Å². The highest BCUT2D eigenvalue weighted by atomic mass is 32.2. The van der Waals surface area contributed by atoms with Crippen LogP contribution in [-0.2, 0) is 19.9 Å². The second-order valence-corrected chi connectivity index (χ2v) is 7.67. The summed E-state index contributed by atoms with van der Waals surface area (Å²) in [5, 5.41) is 9.72. The Bertz CT molecular complexity index is 773. The zero-order valence-electron chi connectivity index (χ0n) is 9.65. The molecule has 1 aromatic carbocycles. The minimum atomic E-state index is -3.84. The van der Waals surface area contributed by atoms with Gasteiger partial charge in [-0.1, -0.05) is 12.1 Å². The normalized spacial score (nSPS) is 21.1. The minimum absolute atomic E-state index is 0.0655. The van der Waals surface area contributed by atoms with E-state index in [9.17, 15) is 16.8 Å². The average molecular weight is 298 g/mol. The first-order valence-electron chi connectivity index (χ1n) is 5.26. The van der Waals surface area contributed by atoms with E-state index < -0.39 is 25.9 Å². The summed E-state index contributed by atoms with van der Waals surface area (Å²) in [4.78, 5) is -0.0655. The molecule has 2 rings (SSSR count). The van der Waals surface area contributed by atoms with Gasteiger partial charge >= 0.3 is 0 Å². The van der Waals surface area contributed by atoms with Crippen molar-refractivity contribution in [3.8, 4) is 6.07 Å². The Labute approximate surface area is 111 Å². The highest BCUT2D eigenvalue weighted by Crippen LogP contribution is 2.14. The van der Waals surface area contributed by atoms with Gasteiger partial charge in [-0.15, -0.1) is 0 Å². The molecule has 0 amide bonds. The number of hydrogen-bond donors (Lipinski definition) is 1. The number of benzene rings is 1. The molecular weight excluding hydrogens is 288 g/mol. The maximum atomic E-state index is 12.0. The molecule has 0 bridgehead atoms. The van der Waals surface area contributed by atoms with Crippen molar-refractivity contribution in [2.75, 3.05) is 5.75 Å². The van der Waals surface area contributed by atoms with Crippen molar-refractivity contribution in [2.45, 2.75) is 10.9 Å². The van der Waals surface area contributed by atoms with Crippen molar-refractivity contribution in [1.29, 1.82) is 5.26 Å². The molecule has 8 heteroatoms. The first-order chi connectivity index (χ1) is 8.82. The van der Waals surface area contributed by atoms with Crippen LogP contribution in [0.15, 0.2) is 40.6 Å². The van der Waals surface area contributed by atoms with E-state index in [2.05, 4.69) is 4.72 Å². The molecule has 100 valence electrons. The van der Waals surface area contributed by atoms with Gasteiger partial charge in [0, 0.05) is 5.41 Å². The maximum absolute atomic E-state index is 12.0. The monoisotopic (exact) mass is 298 g/mol. The highest BCUT2D eigenvalue weighted by Gasteiger charge is 2.26. The molecule has 1 aliphatic heterocycles. The highest BCUT2D eigenvalue weighted by molar-refractivity contribution is 7.94. The van der Waals surface area contributed by atoms with Crippen molar-refractivity contribution < 1.29 is 16.8 Å². The van der Waals surface area contributed by atoms with Crippen molar-refractivity contribution in [2.24, 2.45) is 0 Å². The Balaban J connectivity index is 2.25. The lowest BCUT2D eigenvalue weighted by Crippen LogP contribution is -2.35. The summed E-state index contributed by atoms with van der Waals surface area (Å²) in [7, 11) is -7.17. The summed E-state index contributed by atoms with van der Waals surface area (Å²) in [5.74, 6) is -0.288. The fourth-order valence-corrected chi connectivity index (χ4v) is 4.23. The number of nitrogens with one attached hydrogen (secondary N) is 1. The fourth-order valence-electron chi connectivity index (χ4n) is 1.65. The van der Waals surface area contributed by atoms with Crippen LogP contribution >= 0.6 is 0 Å². The second-order valence-electron chi connectivity index (χ2n) is 4.03. The standard InChI is InChI=1S/C11H10N2O4S2/c12-7-9-2-1-3-11(6-9)19(16,17)13-10-4-5-18(14,15)8-10/h1-6,10,13H,8H2/t10-/m0/s1. The molecule has 1 aliphatic rings. The van der Waals surface area contributed by atoms with Gasteiger partial charge in [-0.3, -0.25) is 0 Å². The van der Waals surface area contributed by atoms with Gasteiger partial charge in [0.15, 0.2) is 9.84 Å². The van der Waals surface area contributed by atoms with E-state index in [1.54, 1.807) is 0 Å². The average Bonchev–Trinajstić information content (AvgIpc) is 2.68. The summed E-state index contributed by atoms with van der Waals surface area (Å²) in [6, 6.07) is 6.58. The Morgan fingerprint density at radius 3 is 2.68 bits per heavy atom. The lowest BCUT2D eigenvalue weighted by molar-refractivity contribution is 0.575. The van der Waals surface area contributed by atoms with Gasteiger partial charge in [-0.25, -0.2) is 21.6 Å². The van der Waals surface area contributed by atoms with Gasteiger partial charge in [0.05, 0.1) is 28.3 Å². The zero-order chi connectivity index (χ0) is 14.1. The lowest BCUT2D eigenvalue weighted by Gasteiger charge is -2.10. The quantitative estimate of drug-likeness (QED) is 0.855. The predicted molar refractivity (Wildman–Crippen MR) is 68.2 cm³/mol. The molecule has 1 atom stereocenters. The largest absolute Gasteiger partial charge is 0.241 e. The summed E-state index contributed by atoms with van der Waals surface area (Å²) >= 11 is 0. The molecule has 0 unspecified atom stereocenters. The van der Waals surface area contributed by atoms with Gasteiger partial charge in [0.2, 0.25) is 10.0 Å². The molecule has 19 heavy (non-hydrogen) atoms. The number of rotatable bonds is 3. The third-order valence-corrected chi connectivity index (χ3v) is 5.39. The third-order valence-electron chi connectivity index (χ3n) is 2.51. The van der Waals surface area contributed by atoms with Crippen LogP contribution in [0.3, 0.4) is 0 Å². The van der Waals surface area contributed by atoms with E-state index in [1.165, 1.54) is 30.3 Å². The van der Waals surface area contributed by atoms with Gasteiger partial charge in [-0.05, 0) is 18.2 Å². The number of nitriles is 1. The zero-order valence-corrected chi connectivity index (χ0v) is 11.3. The summed E-state index contributed by atoms with van der Waals surface area (Å²) in [6.45, 7) is 0. The Morgan fingerprint density at radius 2 is 2.11 bits per heavy atom. The second kappa shape index (κ2) is 4.77. The molecule has 1 N–H and O–H groups in total. The van der Waals surface area contributed by atoms with Crippen molar-refractivity contribution in [1.82, 2.24) is 4.72 Å². The van der Waals surface area contributed by atoms with E-state index >= 15 is 0 Å². The first kappa shape index (κ1) is 13.7. The van der Waals surface area contributed by atoms with E-state index in [0.29, 0.717) is 0 Å². The van der Waals surface area contributed by atoms with Crippen LogP contribution in [0.1, 0.15) is 5.56 Å². The molecule has 0 radical (unpaired) electrons. The predicted octanol–water partition coefficient (Wildman–Crippen LogP) is 0.147. The molecular formula is C11H10N2O4S2. The smallest absolute Gasteiger partial charge is 0.224 e. The minimum Gasteiger partial charge on any atom is -0.224 e. The van der Waals surface area contributed by atoms with Crippen molar-refractivity contribution in [3.63, 3.8) is 0 Å². The van der Waals surface area contributed by atoms with Crippen LogP contribution < -0.4 is 4.72 Å². The van der Waals surface area contributed by atoms with Crippen LogP contribution in [0.4, 0.5) is 0 Å². The molecule has 1 heterocycles. The van der Waals surface area contributed by atoms with Gasteiger partial charge in [0.25, 0.3) is 0 Å². The van der Waals surface area contributed by atoms with Crippen LogP contribution in [0.25, 0.3) is 0 Å².